The summed E-state index contributed by atoms with van der Waals surface area (Å²) in [5.41, 5.74) is 0.941. The summed E-state index contributed by atoms with van der Waals surface area (Å²) in [5.74, 6) is 0.721. The Morgan fingerprint density at radius 3 is 2.74 bits per heavy atom. The Morgan fingerprint density at radius 2 is 2.11 bits per heavy atom. The monoisotopic (exact) mass is 305 g/mol. The summed E-state index contributed by atoms with van der Waals surface area (Å²) in [4.78, 5) is 0. The molecule has 1 aromatic carbocycles. The van der Waals surface area contributed by atoms with Gasteiger partial charge in [-0.3, -0.25) is 0 Å². The first-order chi connectivity index (χ1) is 9.08. The van der Waals surface area contributed by atoms with Gasteiger partial charge in [-0.15, -0.1) is 0 Å². The molecule has 0 spiro atoms. The van der Waals surface area contributed by atoms with Crippen LogP contribution in [0.15, 0.2) is 12.1 Å². The van der Waals surface area contributed by atoms with Gasteiger partial charge in [0.15, 0.2) is 0 Å². The van der Waals surface area contributed by atoms with Crippen LogP contribution in [-0.2, 0) is 6.54 Å². The van der Waals surface area contributed by atoms with E-state index in [0.717, 1.165) is 18.5 Å². The molecule has 0 aliphatic carbocycles. The van der Waals surface area contributed by atoms with E-state index >= 15 is 0 Å². The number of nitrogens with one attached hydrogen (secondary N) is 1. The van der Waals surface area contributed by atoms with E-state index in [9.17, 15) is 0 Å². The molecule has 0 aliphatic rings. The van der Waals surface area contributed by atoms with Crippen LogP contribution in [0.1, 0.15) is 25.8 Å². The molecule has 1 rings (SSSR count). The molecule has 1 aromatic rings. The van der Waals surface area contributed by atoms with E-state index in [4.69, 9.17) is 33.0 Å². The minimum Gasteiger partial charge on any atom is -0.491 e. The quantitative estimate of drug-likeness (QED) is 0.722. The number of aliphatic hydroxyl groups is 1. The van der Waals surface area contributed by atoms with Gasteiger partial charge in [-0.1, -0.05) is 37.0 Å². The summed E-state index contributed by atoms with van der Waals surface area (Å²) in [6.07, 6.45) is 1.06. The van der Waals surface area contributed by atoms with Crippen LogP contribution in [0.5, 0.6) is 5.75 Å². The van der Waals surface area contributed by atoms with Crippen molar-refractivity contribution in [2.24, 2.45) is 5.92 Å². The first-order valence-electron chi connectivity index (χ1n) is 6.50. The summed E-state index contributed by atoms with van der Waals surface area (Å²) in [6, 6.07) is 3.53. The highest BCUT2D eigenvalue weighted by atomic mass is 35.5. The summed E-state index contributed by atoms with van der Waals surface area (Å²) in [6.45, 7) is 6.14. The van der Waals surface area contributed by atoms with Gasteiger partial charge < -0.3 is 15.2 Å². The van der Waals surface area contributed by atoms with Crippen LogP contribution in [0.4, 0.5) is 0 Å². The first kappa shape index (κ1) is 16.6. The van der Waals surface area contributed by atoms with E-state index in [1.165, 1.54) is 0 Å². The third-order valence-corrected chi connectivity index (χ3v) is 3.15. The largest absolute Gasteiger partial charge is 0.491 e. The molecule has 5 heteroatoms. The average molecular weight is 306 g/mol. The zero-order valence-corrected chi connectivity index (χ0v) is 12.9. The first-order valence-corrected chi connectivity index (χ1v) is 7.26. The zero-order valence-electron chi connectivity index (χ0n) is 11.4. The SMILES string of the molecule is CCCNCc1cc(Cl)cc(Cl)c1OCC(C)CO. The van der Waals surface area contributed by atoms with Gasteiger partial charge in [0.05, 0.1) is 11.6 Å². The van der Waals surface area contributed by atoms with Crippen molar-refractivity contribution in [2.75, 3.05) is 19.8 Å². The summed E-state index contributed by atoms with van der Waals surface area (Å²) in [5, 5.41) is 13.4. The van der Waals surface area contributed by atoms with E-state index in [0.29, 0.717) is 28.9 Å². The summed E-state index contributed by atoms with van der Waals surface area (Å²) in [7, 11) is 0. The van der Waals surface area contributed by atoms with Crippen LogP contribution in [0.2, 0.25) is 10.0 Å². The Labute approximate surface area is 124 Å². The fraction of sp³-hybridized carbons (Fsp3) is 0.571. The highest BCUT2D eigenvalue weighted by Crippen LogP contribution is 2.32. The molecule has 0 bridgehead atoms. The van der Waals surface area contributed by atoms with Crippen molar-refractivity contribution in [1.82, 2.24) is 5.32 Å². The Balaban J connectivity index is 2.80. The van der Waals surface area contributed by atoms with E-state index in [-0.39, 0.29) is 12.5 Å². The van der Waals surface area contributed by atoms with Gasteiger partial charge in [0.1, 0.15) is 5.75 Å². The second-order valence-electron chi connectivity index (χ2n) is 4.65. The molecule has 1 unspecified atom stereocenters. The molecule has 0 saturated carbocycles. The number of halogens is 2. The van der Waals surface area contributed by atoms with Crippen LogP contribution in [0.25, 0.3) is 0 Å². The molecule has 0 aromatic heterocycles. The summed E-state index contributed by atoms with van der Waals surface area (Å²) >= 11 is 12.2. The van der Waals surface area contributed by atoms with Gasteiger partial charge in [0.2, 0.25) is 0 Å². The Bertz CT molecular complexity index is 399. The highest BCUT2D eigenvalue weighted by molar-refractivity contribution is 6.35. The third kappa shape index (κ3) is 5.57. The maximum atomic E-state index is 9.02. The van der Waals surface area contributed by atoms with Crippen molar-refractivity contribution < 1.29 is 9.84 Å². The van der Waals surface area contributed by atoms with Crippen molar-refractivity contribution in [1.29, 1.82) is 0 Å². The van der Waals surface area contributed by atoms with Crippen molar-refractivity contribution >= 4 is 23.2 Å². The molecule has 0 saturated heterocycles. The van der Waals surface area contributed by atoms with Gasteiger partial charge in [0, 0.05) is 29.7 Å². The number of rotatable bonds is 8. The minimum absolute atomic E-state index is 0.0724. The smallest absolute Gasteiger partial charge is 0.142 e. The zero-order chi connectivity index (χ0) is 14.3. The van der Waals surface area contributed by atoms with Crippen LogP contribution < -0.4 is 10.1 Å². The summed E-state index contributed by atoms with van der Waals surface area (Å²) < 4.78 is 5.72. The van der Waals surface area contributed by atoms with Crippen LogP contribution >= 0.6 is 23.2 Å². The lowest BCUT2D eigenvalue weighted by molar-refractivity contribution is 0.173. The molecule has 0 fully saturated rings. The Hall–Kier alpha value is -0.480. The van der Waals surface area contributed by atoms with Gasteiger partial charge in [-0.05, 0) is 25.1 Å². The van der Waals surface area contributed by atoms with Gasteiger partial charge in [0.25, 0.3) is 0 Å². The molecule has 0 heterocycles. The molecule has 108 valence electrons. The van der Waals surface area contributed by atoms with Gasteiger partial charge in [-0.2, -0.15) is 0 Å². The second-order valence-corrected chi connectivity index (χ2v) is 5.50. The van der Waals surface area contributed by atoms with Crippen molar-refractivity contribution in [3.05, 3.63) is 27.7 Å². The molecule has 0 aliphatic heterocycles. The molecule has 0 amide bonds. The number of aliphatic hydroxyl groups excluding tert-OH is 1. The fourth-order valence-electron chi connectivity index (χ4n) is 1.58. The lowest BCUT2D eigenvalue weighted by Crippen LogP contribution is -2.17. The minimum atomic E-state index is 0.0724. The maximum Gasteiger partial charge on any atom is 0.142 e. The van der Waals surface area contributed by atoms with E-state index in [2.05, 4.69) is 12.2 Å². The van der Waals surface area contributed by atoms with Crippen LogP contribution in [0.3, 0.4) is 0 Å². The van der Waals surface area contributed by atoms with E-state index in [1.54, 1.807) is 6.07 Å². The number of hydrogen-bond acceptors (Lipinski definition) is 3. The van der Waals surface area contributed by atoms with Gasteiger partial charge >= 0.3 is 0 Å². The molecule has 3 nitrogen and oxygen atoms in total. The molecule has 2 N–H and O–H groups in total. The van der Waals surface area contributed by atoms with Crippen molar-refractivity contribution in [3.8, 4) is 5.75 Å². The van der Waals surface area contributed by atoms with Crippen LogP contribution in [-0.4, -0.2) is 24.9 Å². The lowest BCUT2D eigenvalue weighted by Gasteiger charge is -2.16. The number of ether oxygens (including phenoxy) is 1. The van der Waals surface area contributed by atoms with E-state index < -0.39 is 0 Å². The molecular formula is C14H21Cl2NO2. The number of benzene rings is 1. The number of hydrogen-bond donors (Lipinski definition) is 2. The molecule has 0 radical (unpaired) electrons. The normalized spacial score (nSPS) is 12.5. The molecule has 1 atom stereocenters. The highest BCUT2D eigenvalue weighted by Gasteiger charge is 2.12. The van der Waals surface area contributed by atoms with Crippen molar-refractivity contribution in [2.45, 2.75) is 26.8 Å². The van der Waals surface area contributed by atoms with Crippen LogP contribution in [0, 0.1) is 5.92 Å². The lowest BCUT2D eigenvalue weighted by atomic mass is 10.2. The second kappa shape index (κ2) is 8.64. The topological polar surface area (TPSA) is 41.5 Å². The standard InChI is InChI=1S/C14H21Cl2NO2/c1-3-4-17-7-11-5-12(15)6-13(16)14(11)19-9-10(2)8-18/h5-6,10,17-18H,3-4,7-9H2,1-2H3. The molecule has 19 heavy (non-hydrogen) atoms. The molecular weight excluding hydrogens is 285 g/mol. The van der Waals surface area contributed by atoms with E-state index in [1.807, 2.05) is 13.0 Å². The third-order valence-electron chi connectivity index (χ3n) is 2.65. The average Bonchev–Trinajstić information content (AvgIpc) is 2.37. The van der Waals surface area contributed by atoms with Gasteiger partial charge in [-0.25, -0.2) is 0 Å². The van der Waals surface area contributed by atoms with Crippen molar-refractivity contribution in [3.63, 3.8) is 0 Å². The predicted molar refractivity (Wildman–Crippen MR) is 80.2 cm³/mol. The maximum absolute atomic E-state index is 9.02. The predicted octanol–water partition coefficient (Wildman–Crippen LogP) is 3.50. The Kier molecular flexibility index (Phi) is 7.54. The Morgan fingerprint density at radius 1 is 1.37 bits per heavy atom. The fourth-order valence-corrected chi connectivity index (χ4v) is 2.17.